The highest BCUT2D eigenvalue weighted by atomic mass is 32.2. The van der Waals surface area contributed by atoms with Crippen LogP contribution in [0.4, 0.5) is 22.7 Å². The van der Waals surface area contributed by atoms with Crippen LogP contribution in [0.25, 0.3) is 0 Å². The van der Waals surface area contributed by atoms with E-state index in [1.807, 2.05) is 0 Å². The van der Waals surface area contributed by atoms with Crippen LogP contribution in [0.5, 0.6) is 28.7 Å². The Morgan fingerprint density at radius 3 is 1.36 bits per heavy atom. The van der Waals surface area contributed by atoms with Gasteiger partial charge in [-0.15, -0.1) is 10.2 Å². The first kappa shape index (κ1) is 56.4. The van der Waals surface area contributed by atoms with Gasteiger partial charge in [0.25, 0.3) is 23.6 Å². The highest BCUT2D eigenvalue weighted by molar-refractivity contribution is 7.90. The standard InChI is InChI=1S/C27H25N3O9S.C26H23N3O8S/c1-4-39-23-12-15(8-11-22(23)38-2)20(14-40(3,36)37)30-25(32)17-6-5-7-19(24(17)26(30)33)29-28-16-9-10-21(31)18(13-16)27(34)35;1-14-11-15(7-10-22(14)37-2)20(13-38(3,35)36)29-24(31)17-5-4-6-19(23(17)25(29)32)28-27-16-8-9-21(30)18(12-16)26(33)34/h5-13,20,31H,4,14H2,1-3H3,(H,34,35);4-12,20,30H,13H2,1-3H3,(H,33,34)/t2*20-/m11/s1. The van der Waals surface area contributed by atoms with Crippen LogP contribution in [-0.4, -0.2) is 127 Å². The molecule has 2 aliphatic rings. The van der Waals surface area contributed by atoms with E-state index in [0.29, 0.717) is 40.5 Å². The van der Waals surface area contributed by atoms with Crippen LogP contribution in [0, 0.1) is 6.92 Å². The maximum Gasteiger partial charge on any atom is 0.339 e. The molecule has 0 aromatic heterocycles. The van der Waals surface area contributed by atoms with E-state index in [1.54, 1.807) is 44.2 Å². The molecule has 25 heteroatoms. The van der Waals surface area contributed by atoms with E-state index in [0.717, 1.165) is 46.6 Å². The molecule has 78 heavy (non-hydrogen) atoms. The van der Waals surface area contributed by atoms with Gasteiger partial charge < -0.3 is 34.6 Å². The van der Waals surface area contributed by atoms with E-state index in [9.17, 15) is 66.0 Å². The summed E-state index contributed by atoms with van der Waals surface area (Å²) in [6.07, 6.45) is 2.03. The van der Waals surface area contributed by atoms with Gasteiger partial charge in [-0.05, 0) is 109 Å². The third-order valence-electron chi connectivity index (χ3n) is 12.0. The molecule has 6 aromatic rings. The Hall–Kier alpha value is -9.36. The number of aryl methyl sites for hydroxylation is 1. The van der Waals surface area contributed by atoms with Gasteiger partial charge in [0.1, 0.15) is 48.0 Å². The molecule has 0 unspecified atom stereocenters. The van der Waals surface area contributed by atoms with E-state index in [2.05, 4.69) is 20.5 Å². The second-order valence-corrected chi connectivity index (χ2v) is 21.9. The van der Waals surface area contributed by atoms with E-state index >= 15 is 0 Å². The number of methoxy groups -OCH3 is 2. The number of carboxylic acids is 2. The van der Waals surface area contributed by atoms with Crippen LogP contribution >= 0.6 is 0 Å². The number of amides is 4. The third kappa shape index (κ3) is 12.2. The van der Waals surface area contributed by atoms with E-state index < -0.39 is 90.3 Å². The Kier molecular flexibility index (Phi) is 16.5. The zero-order valence-corrected chi connectivity index (χ0v) is 43.9. The first-order valence-electron chi connectivity index (χ1n) is 23.1. The molecule has 0 radical (unpaired) electrons. The van der Waals surface area contributed by atoms with Crippen LogP contribution in [-0.2, 0) is 19.7 Å². The summed E-state index contributed by atoms with van der Waals surface area (Å²) in [5.41, 5.74) is 0.864. The highest BCUT2D eigenvalue weighted by Gasteiger charge is 2.45. The minimum absolute atomic E-state index is 0.00965. The molecule has 0 aliphatic carbocycles. The van der Waals surface area contributed by atoms with Gasteiger partial charge >= 0.3 is 11.9 Å². The number of carbonyl (C=O) groups is 6. The summed E-state index contributed by atoms with van der Waals surface area (Å²) in [5, 5.41) is 53.9. The molecule has 0 fully saturated rings. The summed E-state index contributed by atoms with van der Waals surface area (Å²) in [5.74, 6) is -6.27. The quantitative estimate of drug-likeness (QED) is 0.0463. The lowest BCUT2D eigenvalue weighted by Gasteiger charge is -2.26. The molecular formula is C53H48N6O17S2. The minimum Gasteiger partial charge on any atom is -0.507 e. The zero-order chi connectivity index (χ0) is 57.0. The summed E-state index contributed by atoms with van der Waals surface area (Å²) in [7, 11) is -4.37. The normalized spacial score (nSPS) is 14.0. The van der Waals surface area contributed by atoms with E-state index in [4.69, 9.17) is 14.2 Å². The molecule has 6 aromatic carbocycles. The van der Waals surface area contributed by atoms with Crippen LogP contribution in [0.15, 0.2) is 130 Å². The first-order valence-corrected chi connectivity index (χ1v) is 27.3. The lowest BCUT2D eigenvalue weighted by atomic mass is 10.0. The Bertz CT molecular complexity index is 3750. The number of rotatable bonds is 18. The fourth-order valence-electron chi connectivity index (χ4n) is 8.53. The summed E-state index contributed by atoms with van der Waals surface area (Å²) in [6, 6.07) is 23.2. The average Bonchev–Trinajstić information content (AvgIpc) is 3.85. The maximum absolute atomic E-state index is 13.7. The summed E-state index contributed by atoms with van der Waals surface area (Å²) in [6.45, 7) is 3.83. The number of sulfone groups is 2. The van der Waals surface area contributed by atoms with Crippen molar-refractivity contribution in [3.05, 3.63) is 159 Å². The van der Waals surface area contributed by atoms with Gasteiger partial charge in [-0.25, -0.2) is 26.4 Å². The topological polar surface area (TPSA) is 335 Å². The largest absolute Gasteiger partial charge is 0.507 e. The number of benzene rings is 6. The lowest BCUT2D eigenvalue weighted by Crippen LogP contribution is -2.37. The first-order chi connectivity index (χ1) is 36.9. The Labute approximate surface area is 445 Å². The van der Waals surface area contributed by atoms with Crippen LogP contribution < -0.4 is 14.2 Å². The molecule has 0 bridgehead atoms. The molecule has 0 saturated carbocycles. The molecule has 404 valence electrons. The molecule has 4 N–H and O–H groups in total. The number of carboxylic acid groups (broad SMARTS) is 2. The number of hydrogen-bond donors (Lipinski definition) is 4. The number of fused-ring (bicyclic) bond motifs is 2. The number of aromatic carboxylic acids is 2. The summed E-state index contributed by atoms with van der Waals surface area (Å²) < 4.78 is 65.7. The number of hydrogen-bond acceptors (Lipinski definition) is 19. The number of carbonyl (C=O) groups excluding carboxylic acids is 4. The molecule has 2 heterocycles. The SMILES string of the molecule is CCOc1cc([C@@H](CS(C)(=O)=O)N2C(=O)c3cccc(N=Nc4ccc(O)c(C(=O)O)c4)c3C2=O)ccc1OC.COc1ccc([C@@H](CS(C)(=O)=O)N2C(=O)c3cccc(N=Nc4ccc(O)c(C(=O)O)c4)c3C2=O)cc1C. The summed E-state index contributed by atoms with van der Waals surface area (Å²) >= 11 is 0. The maximum atomic E-state index is 13.7. The predicted octanol–water partition coefficient (Wildman–Crippen LogP) is 8.50. The van der Waals surface area contributed by atoms with Crippen LogP contribution in [0.2, 0.25) is 0 Å². The van der Waals surface area contributed by atoms with Gasteiger partial charge in [0.2, 0.25) is 0 Å². The average molecular weight is 1110 g/mol. The van der Waals surface area contributed by atoms with Crippen molar-refractivity contribution in [2.45, 2.75) is 25.9 Å². The number of aromatic hydroxyl groups is 2. The van der Waals surface area contributed by atoms with Gasteiger partial charge in [-0.1, -0.05) is 30.3 Å². The molecule has 8 rings (SSSR count). The van der Waals surface area contributed by atoms with E-state index in [1.165, 1.54) is 68.8 Å². The Balaban J connectivity index is 0.000000226. The van der Waals surface area contributed by atoms with Crippen molar-refractivity contribution in [1.82, 2.24) is 9.80 Å². The Morgan fingerprint density at radius 2 is 0.974 bits per heavy atom. The van der Waals surface area contributed by atoms with Crippen LogP contribution in [0.1, 0.15) is 97.8 Å². The second kappa shape index (κ2) is 22.9. The number of phenols is 2. The molecule has 2 aliphatic heterocycles. The molecule has 0 spiro atoms. The van der Waals surface area contributed by atoms with Crippen molar-refractivity contribution in [1.29, 1.82) is 0 Å². The van der Waals surface area contributed by atoms with Crippen LogP contribution in [0.3, 0.4) is 0 Å². The minimum atomic E-state index is -3.68. The van der Waals surface area contributed by atoms with Gasteiger partial charge in [-0.3, -0.25) is 29.0 Å². The molecule has 0 saturated heterocycles. The van der Waals surface area contributed by atoms with E-state index in [-0.39, 0.29) is 56.1 Å². The highest BCUT2D eigenvalue weighted by Crippen LogP contribution is 2.41. The second-order valence-electron chi connectivity index (χ2n) is 17.6. The number of ether oxygens (including phenoxy) is 3. The number of azo groups is 2. The lowest BCUT2D eigenvalue weighted by molar-refractivity contribution is 0.0581. The van der Waals surface area contributed by atoms with Gasteiger partial charge in [0.05, 0.1) is 89.4 Å². The smallest absolute Gasteiger partial charge is 0.339 e. The molecule has 23 nitrogen and oxygen atoms in total. The van der Waals surface area contributed by atoms with Gasteiger partial charge in [0, 0.05) is 12.5 Å². The van der Waals surface area contributed by atoms with Crippen molar-refractivity contribution < 1.29 is 80.2 Å². The monoisotopic (exact) mass is 1100 g/mol. The van der Waals surface area contributed by atoms with Crippen molar-refractivity contribution in [3.63, 3.8) is 0 Å². The van der Waals surface area contributed by atoms with Crippen molar-refractivity contribution in [2.75, 3.05) is 44.8 Å². The fourth-order valence-corrected chi connectivity index (χ4v) is 10.4. The predicted molar refractivity (Wildman–Crippen MR) is 279 cm³/mol. The summed E-state index contributed by atoms with van der Waals surface area (Å²) in [4.78, 5) is 78.6. The molecule has 2 atom stereocenters. The van der Waals surface area contributed by atoms with Crippen molar-refractivity contribution in [2.24, 2.45) is 20.5 Å². The van der Waals surface area contributed by atoms with Gasteiger partial charge in [-0.2, -0.15) is 10.2 Å². The van der Waals surface area contributed by atoms with Crippen molar-refractivity contribution >= 4 is 78.0 Å². The molecule has 4 amide bonds. The zero-order valence-electron chi connectivity index (χ0n) is 42.3. The van der Waals surface area contributed by atoms with Crippen molar-refractivity contribution in [3.8, 4) is 28.7 Å². The van der Waals surface area contributed by atoms with Gasteiger partial charge in [0.15, 0.2) is 11.5 Å². The third-order valence-corrected chi connectivity index (χ3v) is 13.9. The number of imide groups is 2. The Morgan fingerprint density at radius 1 is 0.551 bits per heavy atom. The fraction of sp³-hybridized carbons (Fsp3) is 0.208. The molecular weight excluding hydrogens is 1060 g/mol. The number of nitrogens with zero attached hydrogens (tertiary/aromatic N) is 6.